The lowest BCUT2D eigenvalue weighted by atomic mass is 10.1. The molecule has 0 bridgehead atoms. The fourth-order valence-electron chi connectivity index (χ4n) is 1.53. The van der Waals surface area contributed by atoms with Gasteiger partial charge in [-0.3, -0.25) is 0 Å². The SMILES string of the molecule is Cc1ccc(C(O)CNCCN(C)C)cc1N. The maximum Gasteiger partial charge on any atom is 0.0915 e. The molecule has 17 heavy (non-hydrogen) atoms. The first-order valence-electron chi connectivity index (χ1n) is 5.90. The van der Waals surface area contributed by atoms with Crippen LogP contribution in [0.5, 0.6) is 0 Å². The van der Waals surface area contributed by atoms with E-state index in [1.165, 1.54) is 0 Å². The fourth-order valence-corrected chi connectivity index (χ4v) is 1.53. The van der Waals surface area contributed by atoms with Gasteiger partial charge in [-0.05, 0) is 38.2 Å². The normalized spacial score (nSPS) is 13.0. The maximum absolute atomic E-state index is 9.97. The van der Waals surface area contributed by atoms with Gasteiger partial charge in [0.1, 0.15) is 0 Å². The van der Waals surface area contributed by atoms with Crippen molar-refractivity contribution in [3.63, 3.8) is 0 Å². The molecule has 0 radical (unpaired) electrons. The largest absolute Gasteiger partial charge is 0.399 e. The van der Waals surface area contributed by atoms with Crippen LogP contribution < -0.4 is 11.1 Å². The van der Waals surface area contributed by atoms with Crippen LogP contribution in [0.3, 0.4) is 0 Å². The number of hydrogen-bond donors (Lipinski definition) is 3. The number of aliphatic hydroxyl groups excluding tert-OH is 1. The van der Waals surface area contributed by atoms with Crippen LogP contribution in [0.2, 0.25) is 0 Å². The van der Waals surface area contributed by atoms with E-state index in [1.807, 2.05) is 39.2 Å². The number of rotatable bonds is 6. The quantitative estimate of drug-likeness (QED) is 0.505. The summed E-state index contributed by atoms with van der Waals surface area (Å²) in [7, 11) is 4.05. The first-order chi connectivity index (χ1) is 8.00. The van der Waals surface area contributed by atoms with Crippen LogP contribution in [0.1, 0.15) is 17.2 Å². The lowest BCUT2D eigenvalue weighted by Crippen LogP contribution is -2.29. The highest BCUT2D eigenvalue weighted by Gasteiger charge is 2.07. The van der Waals surface area contributed by atoms with Crippen LogP contribution in [0.4, 0.5) is 5.69 Å². The minimum Gasteiger partial charge on any atom is -0.399 e. The average Bonchev–Trinajstić information content (AvgIpc) is 2.27. The molecule has 96 valence electrons. The van der Waals surface area contributed by atoms with Crippen molar-refractivity contribution in [2.24, 2.45) is 0 Å². The van der Waals surface area contributed by atoms with Gasteiger partial charge in [0.2, 0.25) is 0 Å². The summed E-state index contributed by atoms with van der Waals surface area (Å²) in [5, 5.41) is 13.2. The number of aryl methyl sites for hydroxylation is 1. The van der Waals surface area contributed by atoms with Crippen LogP contribution >= 0.6 is 0 Å². The summed E-state index contributed by atoms with van der Waals surface area (Å²) in [6.07, 6.45) is -0.500. The number of nitrogens with zero attached hydrogens (tertiary/aromatic N) is 1. The second kappa shape index (κ2) is 6.59. The van der Waals surface area contributed by atoms with Crippen molar-refractivity contribution >= 4 is 5.69 Å². The first-order valence-corrected chi connectivity index (χ1v) is 5.90. The summed E-state index contributed by atoms with van der Waals surface area (Å²) < 4.78 is 0. The molecule has 1 unspecified atom stereocenters. The van der Waals surface area contributed by atoms with E-state index >= 15 is 0 Å². The minimum absolute atomic E-state index is 0.500. The summed E-state index contributed by atoms with van der Waals surface area (Å²) in [5.74, 6) is 0. The molecule has 0 aliphatic rings. The van der Waals surface area contributed by atoms with Crippen molar-refractivity contribution in [2.75, 3.05) is 39.5 Å². The Balaban J connectivity index is 2.41. The van der Waals surface area contributed by atoms with E-state index in [1.54, 1.807) is 0 Å². The van der Waals surface area contributed by atoms with Gasteiger partial charge < -0.3 is 21.1 Å². The molecule has 0 aliphatic carbocycles. The molecule has 4 N–H and O–H groups in total. The van der Waals surface area contributed by atoms with Gasteiger partial charge in [0.05, 0.1) is 6.10 Å². The van der Waals surface area contributed by atoms with Crippen molar-refractivity contribution in [1.29, 1.82) is 0 Å². The Labute approximate surface area is 103 Å². The Hall–Kier alpha value is -1.10. The van der Waals surface area contributed by atoms with Crippen LogP contribution in [-0.4, -0.2) is 43.7 Å². The maximum atomic E-state index is 9.97. The topological polar surface area (TPSA) is 61.5 Å². The van der Waals surface area contributed by atoms with E-state index in [-0.39, 0.29) is 0 Å². The second-order valence-corrected chi connectivity index (χ2v) is 4.64. The van der Waals surface area contributed by atoms with Gasteiger partial charge in [-0.15, -0.1) is 0 Å². The number of hydrogen-bond acceptors (Lipinski definition) is 4. The number of nitrogens with one attached hydrogen (secondary N) is 1. The molecule has 0 aromatic heterocycles. The number of anilines is 1. The third-order valence-corrected chi connectivity index (χ3v) is 2.76. The molecule has 1 atom stereocenters. The van der Waals surface area contributed by atoms with Crippen molar-refractivity contribution < 1.29 is 5.11 Å². The zero-order chi connectivity index (χ0) is 12.8. The molecule has 1 aromatic rings. The Morgan fingerprint density at radius 3 is 2.71 bits per heavy atom. The van der Waals surface area contributed by atoms with Crippen LogP contribution in [0.25, 0.3) is 0 Å². The molecule has 0 aliphatic heterocycles. The molecule has 0 amide bonds. The summed E-state index contributed by atoms with van der Waals surface area (Å²) in [4.78, 5) is 2.10. The van der Waals surface area contributed by atoms with Crippen LogP contribution in [0.15, 0.2) is 18.2 Å². The Kier molecular flexibility index (Phi) is 5.41. The van der Waals surface area contributed by atoms with Crippen molar-refractivity contribution in [2.45, 2.75) is 13.0 Å². The minimum atomic E-state index is -0.500. The molecule has 1 rings (SSSR count). The van der Waals surface area contributed by atoms with Crippen molar-refractivity contribution in [3.05, 3.63) is 29.3 Å². The number of likely N-dealkylation sites (N-methyl/N-ethyl adjacent to an activating group) is 1. The Morgan fingerprint density at radius 2 is 2.12 bits per heavy atom. The summed E-state index contributed by atoms with van der Waals surface area (Å²) in [6.45, 7) is 4.34. The molecule has 1 aromatic carbocycles. The molecular weight excluding hydrogens is 214 g/mol. The number of benzene rings is 1. The van der Waals surface area contributed by atoms with Gasteiger partial charge in [0.25, 0.3) is 0 Å². The first kappa shape index (κ1) is 14.0. The van der Waals surface area contributed by atoms with E-state index in [0.717, 1.165) is 29.9 Å². The summed E-state index contributed by atoms with van der Waals surface area (Å²) >= 11 is 0. The van der Waals surface area contributed by atoms with Crippen molar-refractivity contribution in [3.8, 4) is 0 Å². The van der Waals surface area contributed by atoms with Gasteiger partial charge >= 0.3 is 0 Å². The smallest absolute Gasteiger partial charge is 0.0915 e. The predicted octanol–water partition coefficient (Wildman–Crippen LogP) is 0.762. The van der Waals surface area contributed by atoms with Crippen LogP contribution in [-0.2, 0) is 0 Å². The second-order valence-electron chi connectivity index (χ2n) is 4.64. The lowest BCUT2D eigenvalue weighted by molar-refractivity contribution is 0.174. The third-order valence-electron chi connectivity index (χ3n) is 2.76. The highest BCUT2D eigenvalue weighted by Crippen LogP contribution is 2.18. The monoisotopic (exact) mass is 237 g/mol. The zero-order valence-corrected chi connectivity index (χ0v) is 10.9. The molecule has 0 saturated carbocycles. The molecule has 0 heterocycles. The van der Waals surface area contributed by atoms with Crippen molar-refractivity contribution in [1.82, 2.24) is 10.2 Å². The lowest BCUT2D eigenvalue weighted by Gasteiger charge is -2.15. The van der Waals surface area contributed by atoms with Crippen LogP contribution in [0, 0.1) is 6.92 Å². The Bertz CT molecular complexity index is 353. The number of nitrogens with two attached hydrogens (primary N) is 1. The van der Waals surface area contributed by atoms with Gasteiger partial charge in [0, 0.05) is 25.3 Å². The molecule has 0 spiro atoms. The van der Waals surface area contributed by atoms with E-state index in [0.29, 0.717) is 6.54 Å². The summed E-state index contributed by atoms with van der Waals surface area (Å²) in [5.41, 5.74) is 8.46. The average molecular weight is 237 g/mol. The van der Waals surface area contributed by atoms with Gasteiger partial charge in [-0.1, -0.05) is 12.1 Å². The highest BCUT2D eigenvalue weighted by atomic mass is 16.3. The molecule has 0 fully saturated rings. The zero-order valence-electron chi connectivity index (χ0n) is 10.9. The standard InChI is InChI=1S/C13H23N3O/c1-10-4-5-11(8-12(10)14)13(17)9-15-6-7-16(2)3/h4-5,8,13,15,17H,6-7,9,14H2,1-3H3. The van der Waals surface area contributed by atoms with E-state index in [4.69, 9.17) is 5.73 Å². The summed E-state index contributed by atoms with van der Waals surface area (Å²) in [6, 6.07) is 5.70. The van der Waals surface area contributed by atoms with Gasteiger partial charge in [-0.25, -0.2) is 0 Å². The van der Waals surface area contributed by atoms with Gasteiger partial charge in [0.15, 0.2) is 0 Å². The number of nitrogen functional groups attached to an aromatic ring is 1. The Morgan fingerprint density at radius 1 is 1.41 bits per heavy atom. The number of aliphatic hydroxyl groups is 1. The van der Waals surface area contributed by atoms with E-state index in [2.05, 4.69) is 10.2 Å². The predicted molar refractivity (Wildman–Crippen MR) is 72.0 cm³/mol. The van der Waals surface area contributed by atoms with E-state index in [9.17, 15) is 5.11 Å². The molecule has 4 heteroatoms. The van der Waals surface area contributed by atoms with E-state index < -0.39 is 6.10 Å². The molecular formula is C13H23N3O. The highest BCUT2D eigenvalue weighted by molar-refractivity contribution is 5.48. The third kappa shape index (κ3) is 4.73. The molecule has 4 nitrogen and oxygen atoms in total. The molecule has 0 saturated heterocycles. The van der Waals surface area contributed by atoms with Gasteiger partial charge in [-0.2, -0.15) is 0 Å². The fraction of sp³-hybridized carbons (Fsp3) is 0.538.